The number of carbonyl (C=O) groups is 2. The minimum Gasteiger partial charge on any atom is -0.481 e. The van der Waals surface area contributed by atoms with Crippen LogP contribution in [0.15, 0.2) is 22.9 Å². The predicted molar refractivity (Wildman–Crippen MR) is 81.7 cm³/mol. The molecule has 21 heavy (non-hydrogen) atoms. The van der Waals surface area contributed by atoms with Gasteiger partial charge in [0.15, 0.2) is 0 Å². The van der Waals surface area contributed by atoms with E-state index < -0.39 is 11.4 Å². The molecule has 2 heterocycles. The van der Waals surface area contributed by atoms with E-state index in [1.54, 1.807) is 16.7 Å². The first-order valence-corrected chi connectivity index (χ1v) is 8.38. The fourth-order valence-electron chi connectivity index (χ4n) is 2.30. The van der Waals surface area contributed by atoms with Crippen LogP contribution in [-0.2, 0) is 4.79 Å². The maximum atomic E-state index is 12.1. The van der Waals surface area contributed by atoms with E-state index in [0.29, 0.717) is 18.5 Å². The fourth-order valence-corrected chi connectivity index (χ4v) is 3.92. The van der Waals surface area contributed by atoms with Gasteiger partial charge in [0, 0.05) is 11.9 Å². The lowest BCUT2D eigenvalue weighted by Gasteiger charge is -2.37. The number of thiazole rings is 1. The number of nitrogens with one attached hydrogen (secondary N) is 1. The van der Waals surface area contributed by atoms with E-state index in [1.807, 2.05) is 17.5 Å². The molecule has 1 fully saturated rings. The van der Waals surface area contributed by atoms with Crippen LogP contribution in [0.1, 0.15) is 29.8 Å². The molecule has 2 aromatic rings. The molecule has 0 radical (unpaired) electrons. The summed E-state index contributed by atoms with van der Waals surface area (Å²) in [6.07, 6.45) is 2.15. The summed E-state index contributed by atoms with van der Waals surface area (Å²) < 4.78 is 0. The largest absolute Gasteiger partial charge is 0.481 e. The van der Waals surface area contributed by atoms with Gasteiger partial charge < -0.3 is 10.4 Å². The summed E-state index contributed by atoms with van der Waals surface area (Å²) in [6, 6.07) is 3.90. The van der Waals surface area contributed by atoms with E-state index >= 15 is 0 Å². The van der Waals surface area contributed by atoms with Gasteiger partial charge in [-0.25, -0.2) is 4.98 Å². The van der Waals surface area contributed by atoms with Crippen LogP contribution in [0.5, 0.6) is 0 Å². The third-order valence-electron chi connectivity index (χ3n) is 3.82. The SMILES string of the molecule is O=C(NCC1(C(=O)O)CCC1)c1csc(-c2cccs2)n1. The third-order valence-corrected chi connectivity index (χ3v) is 5.70. The summed E-state index contributed by atoms with van der Waals surface area (Å²) in [7, 11) is 0. The first-order valence-electron chi connectivity index (χ1n) is 6.62. The Labute approximate surface area is 129 Å². The molecule has 0 spiro atoms. The molecule has 1 aliphatic rings. The molecule has 0 bridgehead atoms. The number of rotatable bonds is 5. The minimum atomic E-state index is -0.827. The lowest BCUT2D eigenvalue weighted by molar-refractivity contribution is -0.153. The zero-order valence-corrected chi connectivity index (χ0v) is 12.8. The quantitative estimate of drug-likeness (QED) is 0.887. The Morgan fingerprint density at radius 2 is 2.19 bits per heavy atom. The molecule has 0 atom stereocenters. The molecule has 1 saturated carbocycles. The number of carbonyl (C=O) groups excluding carboxylic acids is 1. The van der Waals surface area contributed by atoms with E-state index in [4.69, 9.17) is 0 Å². The number of aromatic nitrogens is 1. The molecule has 5 nitrogen and oxygen atoms in total. The summed E-state index contributed by atoms with van der Waals surface area (Å²) >= 11 is 2.99. The number of aliphatic carboxylic acids is 1. The molecule has 3 rings (SSSR count). The van der Waals surface area contributed by atoms with Gasteiger partial charge in [0.1, 0.15) is 10.7 Å². The van der Waals surface area contributed by atoms with Crippen molar-refractivity contribution >= 4 is 34.6 Å². The smallest absolute Gasteiger partial charge is 0.311 e. The van der Waals surface area contributed by atoms with Gasteiger partial charge in [-0.2, -0.15) is 0 Å². The summed E-state index contributed by atoms with van der Waals surface area (Å²) in [5, 5.41) is 16.4. The van der Waals surface area contributed by atoms with Crippen molar-refractivity contribution in [1.29, 1.82) is 0 Å². The second kappa shape index (κ2) is 5.57. The molecule has 1 aliphatic carbocycles. The van der Waals surface area contributed by atoms with Crippen molar-refractivity contribution in [3.63, 3.8) is 0 Å². The molecule has 0 saturated heterocycles. The van der Waals surface area contributed by atoms with E-state index in [0.717, 1.165) is 16.3 Å². The molecule has 1 amide bonds. The monoisotopic (exact) mass is 322 g/mol. The van der Waals surface area contributed by atoms with Crippen LogP contribution in [0.4, 0.5) is 0 Å². The highest BCUT2D eigenvalue weighted by Crippen LogP contribution is 2.40. The maximum absolute atomic E-state index is 12.1. The van der Waals surface area contributed by atoms with Gasteiger partial charge in [-0.15, -0.1) is 22.7 Å². The molecule has 0 unspecified atom stereocenters. The molecule has 0 aliphatic heterocycles. The van der Waals surface area contributed by atoms with Gasteiger partial charge in [-0.1, -0.05) is 12.5 Å². The number of carboxylic acid groups (broad SMARTS) is 1. The molecule has 0 aromatic carbocycles. The summed E-state index contributed by atoms with van der Waals surface area (Å²) in [4.78, 5) is 28.7. The Hall–Kier alpha value is -1.73. The Bertz CT molecular complexity index is 660. The minimum absolute atomic E-state index is 0.174. The van der Waals surface area contributed by atoms with Crippen molar-refractivity contribution in [2.75, 3.05) is 6.54 Å². The molecule has 2 aromatic heterocycles. The average molecular weight is 322 g/mol. The molecule has 110 valence electrons. The van der Waals surface area contributed by atoms with Crippen LogP contribution >= 0.6 is 22.7 Å². The third kappa shape index (κ3) is 2.71. The second-order valence-electron chi connectivity index (χ2n) is 5.14. The summed E-state index contributed by atoms with van der Waals surface area (Å²) in [5.41, 5.74) is -0.425. The van der Waals surface area contributed by atoms with Crippen LogP contribution in [-0.4, -0.2) is 28.5 Å². The Morgan fingerprint density at radius 3 is 2.76 bits per heavy atom. The van der Waals surface area contributed by atoms with Crippen molar-refractivity contribution < 1.29 is 14.7 Å². The van der Waals surface area contributed by atoms with Crippen LogP contribution < -0.4 is 5.32 Å². The lowest BCUT2D eigenvalue weighted by Crippen LogP contribution is -2.47. The number of carboxylic acids is 1. The predicted octanol–water partition coefficient (Wildman–Crippen LogP) is 2.86. The summed E-state index contributed by atoms with van der Waals surface area (Å²) in [6.45, 7) is 0.174. The number of amides is 1. The molecule has 2 N–H and O–H groups in total. The van der Waals surface area contributed by atoms with E-state index in [9.17, 15) is 14.7 Å². The normalized spacial score (nSPS) is 16.2. The van der Waals surface area contributed by atoms with Crippen molar-refractivity contribution in [3.05, 3.63) is 28.6 Å². The topological polar surface area (TPSA) is 79.3 Å². The van der Waals surface area contributed by atoms with Gasteiger partial charge >= 0.3 is 5.97 Å². The van der Waals surface area contributed by atoms with Crippen molar-refractivity contribution in [1.82, 2.24) is 10.3 Å². The zero-order valence-electron chi connectivity index (χ0n) is 11.2. The lowest BCUT2D eigenvalue weighted by atomic mass is 9.69. The standard InChI is InChI=1S/C14H14N2O3S2/c17-11(15-8-14(13(18)19)4-2-5-14)9-7-21-12(16-9)10-3-1-6-20-10/h1,3,6-7H,2,4-5,8H2,(H,15,17)(H,18,19). The number of thiophene rings is 1. The van der Waals surface area contributed by atoms with Crippen LogP contribution in [0.25, 0.3) is 9.88 Å². The molecular formula is C14H14N2O3S2. The fraction of sp³-hybridized carbons (Fsp3) is 0.357. The van der Waals surface area contributed by atoms with Crippen LogP contribution in [0.2, 0.25) is 0 Å². The summed E-state index contributed by atoms with van der Waals surface area (Å²) in [5.74, 6) is -1.13. The Kier molecular flexibility index (Phi) is 3.77. The van der Waals surface area contributed by atoms with E-state index in [1.165, 1.54) is 11.3 Å². The van der Waals surface area contributed by atoms with Gasteiger partial charge in [-0.3, -0.25) is 9.59 Å². The second-order valence-corrected chi connectivity index (χ2v) is 6.94. The highest BCUT2D eigenvalue weighted by molar-refractivity contribution is 7.20. The van der Waals surface area contributed by atoms with E-state index in [2.05, 4.69) is 10.3 Å². The molecule has 7 heteroatoms. The first-order chi connectivity index (χ1) is 10.1. The van der Waals surface area contributed by atoms with Gasteiger partial charge in [-0.05, 0) is 24.3 Å². The first kappa shape index (κ1) is 14.2. The Morgan fingerprint density at radius 1 is 1.38 bits per heavy atom. The van der Waals surface area contributed by atoms with Crippen molar-refractivity contribution in [3.8, 4) is 9.88 Å². The van der Waals surface area contributed by atoms with Gasteiger partial charge in [0.25, 0.3) is 5.91 Å². The van der Waals surface area contributed by atoms with Gasteiger partial charge in [0.2, 0.25) is 0 Å². The van der Waals surface area contributed by atoms with E-state index in [-0.39, 0.29) is 12.5 Å². The van der Waals surface area contributed by atoms with Crippen molar-refractivity contribution in [2.45, 2.75) is 19.3 Å². The molecular weight excluding hydrogens is 308 g/mol. The Balaban J connectivity index is 1.65. The highest BCUT2D eigenvalue weighted by Gasteiger charge is 2.44. The number of hydrogen-bond donors (Lipinski definition) is 2. The van der Waals surface area contributed by atoms with Crippen molar-refractivity contribution in [2.24, 2.45) is 5.41 Å². The zero-order chi connectivity index (χ0) is 14.9. The highest BCUT2D eigenvalue weighted by atomic mass is 32.1. The van der Waals surface area contributed by atoms with Crippen LogP contribution in [0, 0.1) is 5.41 Å². The van der Waals surface area contributed by atoms with Gasteiger partial charge in [0.05, 0.1) is 10.3 Å². The maximum Gasteiger partial charge on any atom is 0.311 e. The van der Waals surface area contributed by atoms with Crippen LogP contribution in [0.3, 0.4) is 0 Å². The number of nitrogens with zero attached hydrogens (tertiary/aromatic N) is 1. The number of hydrogen-bond acceptors (Lipinski definition) is 5. The average Bonchev–Trinajstić information content (AvgIpc) is 3.07.